The first-order chi connectivity index (χ1) is 12.5. The first-order valence-electron chi connectivity index (χ1n) is 9.28. The van der Waals surface area contributed by atoms with Crippen LogP contribution in [0.1, 0.15) is 52.0 Å². The van der Waals surface area contributed by atoms with E-state index in [1.165, 1.54) is 18.1 Å². The normalized spacial score (nSPS) is 14.2. The van der Waals surface area contributed by atoms with Crippen molar-refractivity contribution in [3.63, 3.8) is 0 Å². The number of rotatable bonds is 10. The van der Waals surface area contributed by atoms with Gasteiger partial charge in [-0.2, -0.15) is 0 Å². The van der Waals surface area contributed by atoms with Crippen molar-refractivity contribution in [1.29, 1.82) is 0 Å². The van der Waals surface area contributed by atoms with Gasteiger partial charge in [-0.15, -0.1) is 0 Å². The molecule has 1 atom stereocenters. The van der Waals surface area contributed by atoms with Crippen LogP contribution in [0.5, 0.6) is 11.5 Å². The molecule has 0 amide bonds. The maximum atomic E-state index is 11.9. The molecule has 0 fully saturated rings. The Morgan fingerprint density at radius 1 is 1.23 bits per heavy atom. The minimum Gasteiger partial charge on any atom is -0.465 e. The van der Waals surface area contributed by atoms with Gasteiger partial charge in [0, 0.05) is 0 Å². The van der Waals surface area contributed by atoms with Crippen LogP contribution < -0.4 is 9.47 Å². The van der Waals surface area contributed by atoms with Crippen molar-refractivity contribution in [2.24, 2.45) is 5.92 Å². The first kappa shape index (κ1) is 20.0. The van der Waals surface area contributed by atoms with Crippen molar-refractivity contribution in [1.82, 2.24) is 0 Å². The second-order valence-corrected chi connectivity index (χ2v) is 6.40. The summed E-state index contributed by atoms with van der Waals surface area (Å²) in [5.41, 5.74) is 2.47. The number of ketones is 1. The van der Waals surface area contributed by atoms with Crippen LogP contribution in [0.2, 0.25) is 0 Å². The standard InChI is InChI=1S/C21H28O5/c1-4-16(9-11-18(15(3)22)21(23)24-5-2)7-6-8-17-10-12-19-20(13-17)26-14-25-19/h7,10,12-13,18H,4-6,8-9,11,14H2,1-3H3. The van der Waals surface area contributed by atoms with Gasteiger partial charge in [-0.05, 0) is 63.6 Å². The lowest BCUT2D eigenvalue weighted by Crippen LogP contribution is -2.24. The van der Waals surface area contributed by atoms with E-state index in [0.717, 1.165) is 37.2 Å². The highest BCUT2D eigenvalue weighted by molar-refractivity contribution is 5.97. The third-order valence-electron chi connectivity index (χ3n) is 4.57. The zero-order valence-electron chi connectivity index (χ0n) is 15.9. The fourth-order valence-corrected chi connectivity index (χ4v) is 3.02. The molecule has 5 nitrogen and oxygen atoms in total. The minimum absolute atomic E-state index is 0.126. The SMILES string of the molecule is CCOC(=O)C(CCC(=CCCc1ccc2c(c1)OCO2)CC)C(C)=O. The van der Waals surface area contributed by atoms with E-state index in [2.05, 4.69) is 19.1 Å². The Balaban J connectivity index is 1.87. The molecule has 0 saturated carbocycles. The number of carbonyl (C=O) groups is 2. The highest BCUT2D eigenvalue weighted by atomic mass is 16.7. The number of hydrogen-bond donors (Lipinski definition) is 0. The molecule has 1 aliphatic heterocycles. The van der Waals surface area contributed by atoms with Crippen molar-refractivity contribution in [3.05, 3.63) is 35.4 Å². The Morgan fingerprint density at radius 3 is 2.69 bits per heavy atom. The number of allylic oxidation sites excluding steroid dienone is 2. The lowest BCUT2D eigenvalue weighted by atomic mass is 9.94. The number of esters is 1. The highest BCUT2D eigenvalue weighted by Crippen LogP contribution is 2.32. The van der Waals surface area contributed by atoms with E-state index < -0.39 is 11.9 Å². The Morgan fingerprint density at radius 2 is 2.00 bits per heavy atom. The van der Waals surface area contributed by atoms with E-state index in [9.17, 15) is 9.59 Å². The average Bonchev–Trinajstić information content (AvgIpc) is 3.08. The first-order valence-corrected chi connectivity index (χ1v) is 9.28. The summed E-state index contributed by atoms with van der Waals surface area (Å²) in [6.07, 6.45) is 6.20. The van der Waals surface area contributed by atoms with E-state index in [4.69, 9.17) is 14.2 Å². The number of benzene rings is 1. The molecule has 1 aliphatic rings. The Bertz CT molecular complexity index is 662. The topological polar surface area (TPSA) is 61.8 Å². The van der Waals surface area contributed by atoms with Gasteiger partial charge in [0.25, 0.3) is 0 Å². The van der Waals surface area contributed by atoms with Crippen LogP contribution in [0.3, 0.4) is 0 Å². The van der Waals surface area contributed by atoms with Gasteiger partial charge in [-0.1, -0.05) is 24.6 Å². The second kappa shape index (κ2) is 10.00. The van der Waals surface area contributed by atoms with Gasteiger partial charge < -0.3 is 14.2 Å². The van der Waals surface area contributed by atoms with E-state index >= 15 is 0 Å². The zero-order chi connectivity index (χ0) is 18.9. The molecule has 0 radical (unpaired) electrons. The third kappa shape index (κ3) is 5.61. The van der Waals surface area contributed by atoms with Crippen LogP contribution in [0.25, 0.3) is 0 Å². The number of ether oxygens (including phenoxy) is 3. The average molecular weight is 360 g/mol. The van der Waals surface area contributed by atoms with Crippen LogP contribution in [0.4, 0.5) is 0 Å². The van der Waals surface area contributed by atoms with Gasteiger partial charge in [-0.3, -0.25) is 9.59 Å². The van der Waals surface area contributed by atoms with Gasteiger partial charge in [0.15, 0.2) is 11.5 Å². The van der Waals surface area contributed by atoms with E-state index in [1.54, 1.807) is 6.92 Å². The van der Waals surface area contributed by atoms with Gasteiger partial charge in [-0.25, -0.2) is 0 Å². The highest BCUT2D eigenvalue weighted by Gasteiger charge is 2.24. The minimum atomic E-state index is -0.654. The van der Waals surface area contributed by atoms with Crippen molar-refractivity contribution in [3.8, 4) is 11.5 Å². The third-order valence-corrected chi connectivity index (χ3v) is 4.57. The maximum absolute atomic E-state index is 11.9. The number of hydrogen-bond acceptors (Lipinski definition) is 5. The summed E-state index contributed by atoms with van der Waals surface area (Å²) in [7, 11) is 0. The van der Waals surface area contributed by atoms with Crippen LogP contribution in [-0.2, 0) is 20.7 Å². The van der Waals surface area contributed by atoms with E-state index in [1.807, 2.05) is 12.1 Å². The van der Waals surface area contributed by atoms with E-state index in [-0.39, 0.29) is 12.6 Å². The molecule has 5 heteroatoms. The summed E-state index contributed by atoms with van der Waals surface area (Å²) in [6, 6.07) is 6.02. The van der Waals surface area contributed by atoms with Gasteiger partial charge in [0.2, 0.25) is 6.79 Å². The molecule has 0 spiro atoms. The van der Waals surface area contributed by atoms with Crippen molar-refractivity contribution in [2.45, 2.75) is 52.9 Å². The molecule has 2 rings (SSSR count). The van der Waals surface area contributed by atoms with Crippen LogP contribution in [0, 0.1) is 5.92 Å². The summed E-state index contributed by atoms with van der Waals surface area (Å²) in [5.74, 6) is 0.419. The number of carbonyl (C=O) groups excluding carboxylic acids is 2. The molecule has 0 bridgehead atoms. The predicted octanol–water partition coefficient (Wildman–Crippen LogP) is 4.23. The van der Waals surface area contributed by atoms with E-state index in [0.29, 0.717) is 13.0 Å². The fourth-order valence-electron chi connectivity index (χ4n) is 3.02. The Kier molecular flexibility index (Phi) is 7.70. The summed E-state index contributed by atoms with van der Waals surface area (Å²) >= 11 is 0. The largest absolute Gasteiger partial charge is 0.465 e. The predicted molar refractivity (Wildman–Crippen MR) is 99.3 cm³/mol. The molecule has 1 aromatic rings. The lowest BCUT2D eigenvalue weighted by Gasteiger charge is -2.13. The molecule has 1 aromatic carbocycles. The molecule has 0 aromatic heterocycles. The van der Waals surface area contributed by atoms with Gasteiger partial charge >= 0.3 is 5.97 Å². The van der Waals surface area contributed by atoms with Crippen molar-refractivity contribution in [2.75, 3.05) is 13.4 Å². The molecule has 1 heterocycles. The quantitative estimate of drug-likeness (QED) is 0.355. The van der Waals surface area contributed by atoms with Gasteiger partial charge in [0.1, 0.15) is 11.7 Å². The maximum Gasteiger partial charge on any atom is 0.316 e. The Hall–Kier alpha value is -2.30. The van der Waals surface area contributed by atoms with Gasteiger partial charge in [0.05, 0.1) is 6.61 Å². The summed E-state index contributed by atoms with van der Waals surface area (Å²) < 4.78 is 15.7. The smallest absolute Gasteiger partial charge is 0.316 e. The molecular weight excluding hydrogens is 332 g/mol. The summed E-state index contributed by atoms with van der Waals surface area (Å²) in [4.78, 5) is 23.6. The lowest BCUT2D eigenvalue weighted by molar-refractivity contribution is -0.151. The van der Waals surface area contributed by atoms with Crippen LogP contribution in [-0.4, -0.2) is 25.2 Å². The zero-order valence-corrected chi connectivity index (χ0v) is 15.9. The molecule has 26 heavy (non-hydrogen) atoms. The molecule has 142 valence electrons. The van der Waals surface area contributed by atoms with Crippen LogP contribution in [0.15, 0.2) is 29.8 Å². The van der Waals surface area contributed by atoms with Crippen molar-refractivity contribution >= 4 is 11.8 Å². The summed E-state index contributed by atoms with van der Waals surface area (Å²) in [6.45, 7) is 5.89. The molecule has 0 N–H and O–H groups in total. The number of aryl methyl sites for hydroxylation is 1. The second-order valence-electron chi connectivity index (χ2n) is 6.40. The number of fused-ring (bicyclic) bond motifs is 1. The van der Waals surface area contributed by atoms with Crippen molar-refractivity contribution < 1.29 is 23.8 Å². The Labute approximate surface area is 155 Å². The summed E-state index contributed by atoms with van der Waals surface area (Å²) in [5, 5.41) is 0. The molecule has 1 unspecified atom stereocenters. The molecule has 0 aliphatic carbocycles. The van der Waals surface area contributed by atoms with Crippen LogP contribution >= 0.6 is 0 Å². The fraction of sp³-hybridized carbons (Fsp3) is 0.524. The molecule has 0 saturated heterocycles. The number of Topliss-reactive ketones (excluding diaryl/α,β-unsaturated/α-hetero) is 1. The monoisotopic (exact) mass is 360 g/mol. The molecular formula is C21H28O5.